The van der Waals surface area contributed by atoms with Gasteiger partial charge in [-0.25, -0.2) is 0 Å². The van der Waals surface area contributed by atoms with Crippen LogP contribution in [0.1, 0.15) is 17.5 Å². The van der Waals surface area contributed by atoms with E-state index >= 15 is 0 Å². The number of nitrogens with one attached hydrogen (secondary N) is 1. The summed E-state index contributed by atoms with van der Waals surface area (Å²) in [5, 5.41) is 12.0. The predicted molar refractivity (Wildman–Crippen MR) is 66.0 cm³/mol. The Hall–Kier alpha value is -1.06. The Labute approximate surface area is 97.4 Å². The van der Waals surface area contributed by atoms with Crippen LogP contribution in [0.4, 0.5) is 0 Å². The van der Waals surface area contributed by atoms with Crippen LogP contribution in [0.5, 0.6) is 5.75 Å². The highest BCUT2D eigenvalue weighted by molar-refractivity contribution is 5.32. The molecule has 1 aromatic rings. The third kappa shape index (κ3) is 4.21. The number of hydrogen-bond acceptors (Lipinski definition) is 3. The fraction of sp³-hybridized carbons (Fsp3) is 0.538. The quantitative estimate of drug-likeness (QED) is 0.770. The third-order valence-corrected chi connectivity index (χ3v) is 2.53. The topological polar surface area (TPSA) is 41.5 Å². The summed E-state index contributed by atoms with van der Waals surface area (Å²) in [4.78, 5) is 0. The molecule has 0 heterocycles. The molecule has 0 radical (unpaired) electrons. The van der Waals surface area contributed by atoms with Gasteiger partial charge in [-0.2, -0.15) is 0 Å². The average molecular weight is 223 g/mol. The minimum Gasteiger partial charge on any atom is -0.492 e. The molecule has 0 spiro atoms. The van der Waals surface area contributed by atoms with Crippen LogP contribution in [-0.4, -0.2) is 31.4 Å². The number of likely N-dealkylation sites (N-methyl/N-ethyl adjacent to an activating group) is 1. The van der Waals surface area contributed by atoms with Crippen molar-refractivity contribution >= 4 is 0 Å². The lowest BCUT2D eigenvalue weighted by Gasteiger charge is -2.16. The summed E-state index contributed by atoms with van der Waals surface area (Å²) in [7, 11) is 1.88. The van der Waals surface area contributed by atoms with Gasteiger partial charge >= 0.3 is 0 Å². The molecule has 1 atom stereocenters. The van der Waals surface area contributed by atoms with Crippen LogP contribution in [0.3, 0.4) is 0 Å². The van der Waals surface area contributed by atoms with E-state index in [1.54, 1.807) is 0 Å². The molecule has 2 N–H and O–H groups in total. The molecule has 0 aromatic heterocycles. The van der Waals surface area contributed by atoms with Crippen molar-refractivity contribution in [3.05, 3.63) is 29.3 Å². The minimum atomic E-state index is 0.182. The largest absolute Gasteiger partial charge is 0.492 e. The predicted octanol–water partition coefficient (Wildman–Crippen LogP) is 1.65. The van der Waals surface area contributed by atoms with Crippen LogP contribution in [0.2, 0.25) is 0 Å². The van der Waals surface area contributed by atoms with Crippen molar-refractivity contribution in [3.63, 3.8) is 0 Å². The standard InChI is InChI=1S/C13H21NO2/c1-10-6-11(2)8-13(7-10)16-9-12(14-3)4-5-15/h6-8,12,14-15H,4-5,9H2,1-3H3. The maximum absolute atomic E-state index is 8.86. The third-order valence-electron chi connectivity index (χ3n) is 2.53. The van der Waals surface area contributed by atoms with Gasteiger partial charge in [-0.05, 0) is 50.6 Å². The first kappa shape index (κ1) is 13.0. The molecule has 1 unspecified atom stereocenters. The van der Waals surface area contributed by atoms with Crippen LogP contribution < -0.4 is 10.1 Å². The Kier molecular flexibility index (Phi) is 5.29. The molecule has 1 rings (SSSR count). The van der Waals surface area contributed by atoms with Crippen molar-refractivity contribution in [2.45, 2.75) is 26.3 Å². The van der Waals surface area contributed by atoms with Gasteiger partial charge in [0.15, 0.2) is 0 Å². The van der Waals surface area contributed by atoms with Crippen molar-refractivity contribution in [2.75, 3.05) is 20.3 Å². The van der Waals surface area contributed by atoms with Gasteiger partial charge in [0, 0.05) is 12.6 Å². The van der Waals surface area contributed by atoms with E-state index in [1.807, 2.05) is 19.2 Å². The molecule has 1 aromatic carbocycles. The summed E-state index contributed by atoms with van der Waals surface area (Å²) in [6.45, 7) is 4.88. The minimum absolute atomic E-state index is 0.182. The molecule has 0 aliphatic heterocycles. The summed E-state index contributed by atoms with van der Waals surface area (Å²) < 4.78 is 5.70. The summed E-state index contributed by atoms with van der Waals surface area (Å²) in [6.07, 6.45) is 0.710. The molecule has 3 heteroatoms. The molecule has 0 aliphatic rings. The molecule has 0 amide bonds. The fourth-order valence-electron chi connectivity index (χ4n) is 1.68. The monoisotopic (exact) mass is 223 g/mol. The highest BCUT2D eigenvalue weighted by Gasteiger charge is 2.06. The number of ether oxygens (including phenoxy) is 1. The zero-order valence-electron chi connectivity index (χ0n) is 10.3. The van der Waals surface area contributed by atoms with E-state index in [1.165, 1.54) is 11.1 Å². The van der Waals surface area contributed by atoms with Crippen LogP contribution in [0.25, 0.3) is 0 Å². The van der Waals surface area contributed by atoms with Crippen molar-refractivity contribution in [1.82, 2.24) is 5.32 Å². The molecule has 0 fully saturated rings. The lowest BCUT2D eigenvalue weighted by molar-refractivity contribution is 0.218. The molecule has 0 saturated carbocycles. The second-order valence-electron chi connectivity index (χ2n) is 4.13. The van der Waals surface area contributed by atoms with E-state index in [-0.39, 0.29) is 12.6 Å². The van der Waals surface area contributed by atoms with Crippen LogP contribution in [0, 0.1) is 13.8 Å². The van der Waals surface area contributed by atoms with Crippen molar-refractivity contribution < 1.29 is 9.84 Å². The number of aliphatic hydroxyl groups excluding tert-OH is 1. The van der Waals surface area contributed by atoms with Gasteiger partial charge in [0.1, 0.15) is 12.4 Å². The first-order chi connectivity index (χ1) is 7.65. The number of rotatable bonds is 6. The Morgan fingerprint density at radius 2 is 1.88 bits per heavy atom. The number of aryl methyl sites for hydroxylation is 2. The van der Waals surface area contributed by atoms with Gasteiger partial charge in [-0.1, -0.05) is 6.07 Å². The Balaban J connectivity index is 2.52. The maximum Gasteiger partial charge on any atom is 0.119 e. The van der Waals surface area contributed by atoms with E-state index < -0.39 is 0 Å². The second-order valence-corrected chi connectivity index (χ2v) is 4.13. The van der Waals surface area contributed by atoms with E-state index in [4.69, 9.17) is 9.84 Å². The smallest absolute Gasteiger partial charge is 0.119 e. The first-order valence-corrected chi connectivity index (χ1v) is 5.65. The molecule has 0 aliphatic carbocycles. The summed E-state index contributed by atoms with van der Waals surface area (Å²) in [6, 6.07) is 6.37. The van der Waals surface area contributed by atoms with Gasteiger partial charge in [0.05, 0.1) is 0 Å². The molecular weight excluding hydrogens is 202 g/mol. The number of aliphatic hydroxyl groups is 1. The van der Waals surface area contributed by atoms with Gasteiger partial charge in [0.2, 0.25) is 0 Å². The molecule has 0 bridgehead atoms. The molecule has 3 nitrogen and oxygen atoms in total. The normalized spacial score (nSPS) is 12.5. The van der Waals surface area contributed by atoms with E-state index in [0.717, 1.165) is 5.75 Å². The van der Waals surface area contributed by atoms with E-state index in [0.29, 0.717) is 13.0 Å². The zero-order chi connectivity index (χ0) is 12.0. The van der Waals surface area contributed by atoms with Gasteiger partial charge in [0.25, 0.3) is 0 Å². The summed E-state index contributed by atoms with van der Waals surface area (Å²) >= 11 is 0. The molecule has 90 valence electrons. The molecule has 16 heavy (non-hydrogen) atoms. The molecular formula is C13H21NO2. The lowest BCUT2D eigenvalue weighted by Crippen LogP contribution is -2.32. The van der Waals surface area contributed by atoms with E-state index in [9.17, 15) is 0 Å². The highest BCUT2D eigenvalue weighted by Crippen LogP contribution is 2.16. The Morgan fingerprint density at radius 3 is 2.38 bits per heavy atom. The Bertz CT molecular complexity index is 305. The van der Waals surface area contributed by atoms with Crippen molar-refractivity contribution in [2.24, 2.45) is 0 Å². The fourth-order valence-corrected chi connectivity index (χ4v) is 1.68. The van der Waals surface area contributed by atoms with Crippen LogP contribution in [-0.2, 0) is 0 Å². The van der Waals surface area contributed by atoms with Crippen molar-refractivity contribution in [3.8, 4) is 5.75 Å². The zero-order valence-corrected chi connectivity index (χ0v) is 10.3. The van der Waals surface area contributed by atoms with Crippen molar-refractivity contribution in [1.29, 1.82) is 0 Å². The summed E-state index contributed by atoms with van der Waals surface area (Å²) in [5.41, 5.74) is 2.41. The average Bonchev–Trinajstić information content (AvgIpc) is 2.23. The van der Waals surface area contributed by atoms with Gasteiger partial charge in [-0.3, -0.25) is 0 Å². The lowest BCUT2D eigenvalue weighted by atomic mass is 10.1. The van der Waals surface area contributed by atoms with Crippen LogP contribution in [0.15, 0.2) is 18.2 Å². The van der Waals surface area contributed by atoms with Gasteiger partial charge in [-0.15, -0.1) is 0 Å². The number of hydrogen-bond donors (Lipinski definition) is 2. The SMILES string of the molecule is CNC(CCO)COc1cc(C)cc(C)c1. The van der Waals surface area contributed by atoms with E-state index in [2.05, 4.69) is 25.2 Å². The van der Waals surface area contributed by atoms with Crippen LogP contribution >= 0.6 is 0 Å². The molecule has 0 saturated heterocycles. The second kappa shape index (κ2) is 6.51. The Morgan fingerprint density at radius 1 is 1.25 bits per heavy atom. The highest BCUT2D eigenvalue weighted by atomic mass is 16.5. The van der Waals surface area contributed by atoms with Gasteiger partial charge < -0.3 is 15.2 Å². The maximum atomic E-state index is 8.86. The first-order valence-electron chi connectivity index (χ1n) is 5.65. The summed E-state index contributed by atoms with van der Waals surface area (Å²) in [5.74, 6) is 0.899. The number of benzene rings is 1.